The SMILES string of the molecule is COCCNC(=O)c1cnc(NC(C)(C)C)cn1. The third-order valence-electron chi connectivity index (χ3n) is 1.98. The fourth-order valence-electron chi connectivity index (χ4n) is 1.25. The number of amides is 1. The molecule has 0 aliphatic heterocycles. The maximum Gasteiger partial charge on any atom is 0.271 e. The first-order valence-corrected chi connectivity index (χ1v) is 5.80. The van der Waals surface area contributed by atoms with Gasteiger partial charge in [0.2, 0.25) is 0 Å². The van der Waals surface area contributed by atoms with Gasteiger partial charge in [-0.25, -0.2) is 9.97 Å². The summed E-state index contributed by atoms with van der Waals surface area (Å²) in [5.74, 6) is 0.401. The minimum Gasteiger partial charge on any atom is -0.383 e. The number of nitrogens with zero attached hydrogens (tertiary/aromatic N) is 2. The Morgan fingerprint density at radius 1 is 1.33 bits per heavy atom. The number of aromatic nitrogens is 2. The second-order valence-corrected chi connectivity index (χ2v) is 4.91. The summed E-state index contributed by atoms with van der Waals surface area (Å²) in [5, 5.41) is 5.85. The Morgan fingerprint density at radius 2 is 2.06 bits per heavy atom. The van der Waals surface area contributed by atoms with Gasteiger partial charge in [-0.2, -0.15) is 0 Å². The highest BCUT2D eigenvalue weighted by atomic mass is 16.5. The summed E-state index contributed by atoms with van der Waals surface area (Å²) in [6, 6.07) is 0. The molecule has 0 saturated heterocycles. The predicted molar refractivity (Wildman–Crippen MR) is 69.6 cm³/mol. The lowest BCUT2D eigenvalue weighted by Crippen LogP contribution is -2.29. The fraction of sp³-hybridized carbons (Fsp3) is 0.583. The topological polar surface area (TPSA) is 76.1 Å². The molecule has 0 aliphatic carbocycles. The van der Waals surface area contributed by atoms with Crippen molar-refractivity contribution in [2.45, 2.75) is 26.3 Å². The quantitative estimate of drug-likeness (QED) is 0.766. The molecule has 2 N–H and O–H groups in total. The van der Waals surface area contributed by atoms with Crippen molar-refractivity contribution in [3.63, 3.8) is 0 Å². The van der Waals surface area contributed by atoms with Crippen molar-refractivity contribution >= 4 is 11.7 Å². The standard InChI is InChI=1S/C12H20N4O2/c1-12(2,3)16-10-8-14-9(7-15-10)11(17)13-5-6-18-4/h7-8H,5-6H2,1-4H3,(H,13,17)(H,15,16). The van der Waals surface area contributed by atoms with E-state index in [1.165, 1.54) is 6.20 Å². The van der Waals surface area contributed by atoms with Gasteiger partial charge in [0.25, 0.3) is 5.91 Å². The van der Waals surface area contributed by atoms with Crippen LogP contribution in [-0.2, 0) is 4.74 Å². The van der Waals surface area contributed by atoms with Crippen molar-refractivity contribution in [3.05, 3.63) is 18.1 Å². The Kier molecular flexibility index (Phi) is 5.03. The molecule has 1 rings (SSSR count). The number of rotatable bonds is 5. The molecule has 6 nitrogen and oxygen atoms in total. The van der Waals surface area contributed by atoms with Crippen LogP contribution in [-0.4, -0.2) is 41.7 Å². The van der Waals surface area contributed by atoms with Gasteiger partial charge in [0.05, 0.1) is 19.0 Å². The Bertz CT molecular complexity index is 384. The molecular weight excluding hydrogens is 232 g/mol. The molecule has 0 radical (unpaired) electrons. The smallest absolute Gasteiger partial charge is 0.271 e. The molecule has 0 unspecified atom stereocenters. The van der Waals surface area contributed by atoms with Crippen LogP contribution in [0.3, 0.4) is 0 Å². The van der Waals surface area contributed by atoms with Crippen LogP contribution in [0.4, 0.5) is 5.82 Å². The van der Waals surface area contributed by atoms with Gasteiger partial charge in [0.1, 0.15) is 11.5 Å². The molecule has 0 atom stereocenters. The molecule has 1 amide bonds. The molecule has 0 aliphatic rings. The second kappa shape index (κ2) is 6.30. The number of methoxy groups -OCH3 is 1. The van der Waals surface area contributed by atoms with Crippen LogP contribution in [0.5, 0.6) is 0 Å². The molecule has 1 aromatic heterocycles. The molecule has 18 heavy (non-hydrogen) atoms. The Balaban J connectivity index is 2.57. The Hall–Kier alpha value is -1.69. The van der Waals surface area contributed by atoms with E-state index in [2.05, 4.69) is 20.6 Å². The first-order chi connectivity index (χ1) is 8.42. The second-order valence-electron chi connectivity index (χ2n) is 4.91. The van der Waals surface area contributed by atoms with Crippen LogP contribution in [0.15, 0.2) is 12.4 Å². The van der Waals surface area contributed by atoms with Crippen molar-refractivity contribution in [3.8, 4) is 0 Å². The van der Waals surface area contributed by atoms with Crippen molar-refractivity contribution in [2.24, 2.45) is 0 Å². The van der Waals surface area contributed by atoms with Crippen molar-refractivity contribution < 1.29 is 9.53 Å². The van der Waals surface area contributed by atoms with E-state index in [9.17, 15) is 4.79 Å². The van der Waals surface area contributed by atoms with Crippen molar-refractivity contribution in [2.75, 3.05) is 25.6 Å². The van der Waals surface area contributed by atoms with E-state index in [-0.39, 0.29) is 11.4 Å². The third-order valence-corrected chi connectivity index (χ3v) is 1.98. The highest BCUT2D eigenvalue weighted by Gasteiger charge is 2.11. The highest BCUT2D eigenvalue weighted by Crippen LogP contribution is 2.10. The van der Waals surface area contributed by atoms with Gasteiger partial charge in [0, 0.05) is 19.2 Å². The molecule has 0 aromatic carbocycles. The van der Waals surface area contributed by atoms with Crippen LogP contribution >= 0.6 is 0 Å². The molecule has 1 heterocycles. The third kappa shape index (κ3) is 5.09. The summed E-state index contributed by atoms with van der Waals surface area (Å²) >= 11 is 0. The van der Waals surface area contributed by atoms with E-state index in [4.69, 9.17) is 4.74 Å². The summed E-state index contributed by atoms with van der Waals surface area (Å²) in [6.45, 7) is 7.02. The van der Waals surface area contributed by atoms with E-state index >= 15 is 0 Å². The molecule has 0 bridgehead atoms. The minimum absolute atomic E-state index is 0.0864. The zero-order valence-electron chi connectivity index (χ0n) is 11.3. The summed E-state index contributed by atoms with van der Waals surface area (Å²) in [5.41, 5.74) is 0.210. The van der Waals surface area contributed by atoms with Crippen LogP contribution < -0.4 is 10.6 Å². The number of nitrogens with one attached hydrogen (secondary N) is 2. The Morgan fingerprint density at radius 3 is 2.56 bits per heavy atom. The first-order valence-electron chi connectivity index (χ1n) is 5.80. The highest BCUT2D eigenvalue weighted by molar-refractivity contribution is 5.91. The van der Waals surface area contributed by atoms with Crippen LogP contribution in [0.2, 0.25) is 0 Å². The van der Waals surface area contributed by atoms with E-state index in [1.54, 1.807) is 13.3 Å². The lowest BCUT2D eigenvalue weighted by Gasteiger charge is -2.20. The van der Waals surface area contributed by atoms with Crippen molar-refractivity contribution in [1.29, 1.82) is 0 Å². The predicted octanol–water partition coefficient (Wildman–Crippen LogP) is 1.06. The number of hydrogen-bond acceptors (Lipinski definition) is 5. The monoisotopic (exact) mass is 252 g/mol. The normalized spacial score (nSPS) is 11.1. The van der Waals surface area contributed by atoms with E-state index in [0.29, 0.717) is 24.7 Å². The fourth-order valence-corrected chi connectivity index (χ4v) is 1.25. The van der Waals surface area contributed by atoms with Gasteiger partial charge in [-0.3, -0.25) is 4.79 Å². The van der Waals surface area contributed by atoms with Crippen LogP contribution in [0.25, 0.3) is 0 Å². The van der Waals surface area contributed by atoms with Crippen LogP contribution in [0, 0.1) is 0 Å². The molecule has 1 aromatic rings. The van der Waals surface area contributed by atoms with Gasteiger partial charge in [-0.05, 0) is 20.8 Å². The minimum atomic E-state index is -0.248. The largest absolute Gasteiger partial charge is 0.383 e. The first kappa shape index (κ1) is 14.4. The molecular formula is C12H20N4O2. The Labute approximate surface area is 107 Å². The maximum atomic E-state index is 11.6. The summed E-state index contributed by atoms with van der Waals surface area (Å²) in [7, 11) is 1.58. The number of ether oxygens (including phenoxy) is 1. The lowest BCUT2D eigenvalue weighted by atomic mass is 10.1. The van der Waals surface area contributed by atoms with E-state index in [0.717, 1.165) is 0 Å². The average Bonchev–Trinajstić information content (AvgIpc) is 2.28. The van der Waals surface area contributed by atoms with Gasteiger partial charge in [-0.1, -0.05) is 0 Å². The summed E-state index contributed by atoms with van der Waals surface area (Å²) < 4.78 is 4.84. The van der Waals surface area contributed by atoms with Gasteiger partial charge >= 0.3 is 0 Å². The van der Waals surface area contributed by atoms with Gasteiger partial charge in [0.15, 0.2) is 0 Å². The molecule has 0 saturated carbocycles. The number of carbonyl (C=O) groups excluding carboxylic acids is 1. The number of hydrogen-bond donors (Lipinski definition) is 2. The molecule has 100 valence electrons. The van der Waals surface area contributed by atoms with E-state index < -0.39 is 0 Å². The van der Waals surface area contributed by atoms with E-state index in [1.807, 2.05) is 20.8 Å². The van der Waals surface area contributed by atoms with Gasteiger partial charge in [-0.15, -0.1) is 0 Å². The van der Waals surface area contributed by atoms with Gasteiger partial charge < -0.3 is 15.4 Å². The zero-order valence-corrected chi connectivity index (χ0v) is 11.3. The maximum absolute atomic E-state index is 11.6. The van der Waals surface area contributed by atoms with Crippen molar-refractivity contribution in [1.82, 2.24) is 15.3 Å². The molecule has 0 fully saturated rings. The van der Waals surface area contributed by atoms with Crippen LogP contribution in [0.1, 0.15) is 31.3 Å². The summed E-state index contributed by atoms with van der Waals surface area (Å²) in [6.07, 6.45) is 3.01. The molecule has 6 heteroatoms. The number of carbonyl (C=O) groups is 1. The number of anilines is 1. The zero-order chi connectivity index (χ0) is 13.6. The average molecular weight is 252 g/mol. The molecule has 0 spiro atoms. The lowest BCUT2D eigenvalue weighted by molar-refractivity contribution is 0.0932. The summed E-state index contributed by atoms with van der Waals surface area (Å²) in [4.78, 5) is 19.8.